The molecule has 0 saturated carbocycles. The topological polar surface area (TPSA) is 84.9 Å². The van der Waals surface area contributed by atoms with Crippen LogP contribution in [0.2, 0.25) is 0 Å². The average Bonchev–Trinajstić information content (AvgIpc) is 3.19. The van der Waals surface area contributed by atoms with Gasteiger partial charge in [-0.1, -0.05) is 6.07 Å². The third kappa shape index (κ3) is 2.71. The largest absolute Gasteiger partial charge is 0.454 e. The quantitative estimate of drug-likeness (QED) is 0.888. The summed E-state index contributed by atoms with van der Waals surface area (Å²) in [6.45, 7) is 2.13. The molecule has 2 aliphatic heterocycles. The third-order valence-electron chi connectivity index (χ3n) is 4.69. The van der Waals surface area contributed by atoms with Gasteiger partial charge >= 0.3 is 0 Å². The van der Waals surface area contributed by atoms with Gasteiger partial charge in [0.15, 0.2) is 11.5 Å². The molecule has 0 spiro atoms. The van der Waals surface area contributed by atoms with Crippen LogP contribution in [0.15, 0.2) is 41.3 Å². The van der Waals surface area contributed by atoms with Crippen LogP contribution in [0.1, 0.15) is 24.0 Å². The number of anilines is 1. The molecule has 1 amide bonds. The van der Waals surface area contributed by atoms with E-state index in [1.54, 1.807) is 31.2 Å². The van der Waals surface area contributed by atoms with Crippen molar-refractivity contribution < 1.29 is 22.7 Å². The molecule has 0 fully saturated rings. The summed E-state index contributed by atoms with van der Waals surface area (Å²) in [7, 11) is -2.16. The molecular weight excluding hydrogens is 356 g/mol. The van der Waals surface area contributed by atoms with Crippen LogP contribution in [0.25, 0.3) is 0 Å². The van der Waals surface area contributed by atoms with Crippen LogP contribution < -0.4 is 14.8 Å². The number of carbonyl (C=O) groups excluding carboxylic acids is 1. The van der Waals surface area contributed by atoms with Gasteiger partial charge < -0.3 is 14.8 Å². The van der Waals surface area contributed by atoms with Crippen LogP contribution in [0, 0.1) is 0 Å². The van der Waals surface area contributed by atoms with E-state index in [4.69, 9.17) is 9.47 Å². The summed E-state index contributed by atoms with van der Waals surface area (Å²) in [4.78, 5) is 11.9. The van der Waals surface area contributed by atoms with Gasteiger partial charge in [-0.15, -0.1) is 0 Å². The van der Waals surface area contributed by atoms with E-state index in [1.165, 1.54) is 17.4 Å². The minimum Gasteiger partial charge on any atom is -0.454 e. The molecule has 0 radical (unpaired) electrons. The Bertz CT molecular complexity index is 1000. The maximum absolute atomic E-state index is 12.9. The van der Waals surface area contributed by atoms with Crippen LogP contribution in [0.4, 0.5) is 5.69 Å². The second kappa shape index (κ2) is 6.00. The van der Waals surface area contributed by atoms with E-state index in [0.29, 0.717) is 22.7 Å². The zero-order valence-corrected chi connectivity index (χ0v) is 15.2. The SMILES string of the molecule is C[C@H]1C(=O)Nc2ccc(S(=O)(=O)N(C)Cc3ccc4c(c3)OCO4)cc21. The zero-order chi connectivity index (χ0) is 18.5. The van der Waals surface area contributed by atoms with Crippen molar-refractivity contribution in [2.75, 3.05) is 19.2 Å². The van der Waals surface area contributed by atoms with Crippen LogP contribution in [0.3, 0.4) is 0 Å². The summed E-state index contributed by atoms with van der Waals surface area (Å²) in [6.07, 6.45) is 0. The average molecular weight is 374 g/mol. The molecule has 0 aliphatic carbocycles. The van der Waals surface area contributed by atoms with Crippen molar-refractivity contribution in [1.29, 1.82) is 0 Å². The Hall–Kier alpha value is -2.58. The highest BCUT2D eigenvalue weighted by Gasteiger charge is 2.29. The number of ether oxygens (including phenoxy) is 2. The Kier molecular flexibility index (Phi) is 3.89. The van der Waals surface area contributed by atoms with Crippen molar-refractivity contribution in [2.45, 2.75) is 24.3 Å². The molecule has 2 aliphatic rings. The standard InChI is InChI=1S/C18H18N2O5S/c1-11-14-8-13(4-5-15(14)19-18(11)21)26(22,23)20(2)9-12-3-6-16-17(7-12)25-10-24-16/h3-8,11H,9-10H2,1-2H3,(H,19,21)/t11-/m1/s1. The number of nitrogens with zero attached hydrogens (tertiary/aromatic N) is 1. The Labute approximate surface area is 151 Å². The van der Waals surface area contributed by atoms with Crippen molar-refractivity contribution in [2.24, 2.45) is 0 Å². The molecule has 136 valence electrons. The first-order valence-corrected chi connectivity index (χ1v) is 9.60. The molecule has 0 saturated heterocycles. The molecule has 4 rings (SSSR count). The van der Waals surface area contributed by atoms with Gasteiger partial charge in [0.2, 0.25) is 22.7 Å². The van der Waals surface area contributed by atoms with Crippen LogP contribution in [0.5, 0.6) is 11.5 Å². The predicted octanol–water partition coefficient (Wildman–Crippen LogP) is 2.29. The summed E-state index contributed by atoms with van der Waals surface area (Å²) in [5, 5.41) is 2.75. The number of hydrogen-bond acceptors (Lipinski definition) is 5. The van der Waals surface area contributed by atoms with E-state index < -0.39 is 10.0 Å². The van der Waals surface area contributed by atoms with E-state index in [-0.39, 0.29) is 30.1 Å². The molecule has 1 atom stereocenters. The van der Waals surface area contributed by atoms with Gasteiger partial charge in [0.25, 0.3) is 0 Å². The first kappa shape index (κ1) is 16.9. The zero-order valence-electron chi connectivity index (χ0n) is 14.4. The number of sulfonamides is 1. The van der Waals surface area contributed by atoms with Crippen molar-refractivity contribution in [1.82, 2.24) is 4.31 Å². The summed E-state index contributed by atoms with van der Waals surface area (Å²) in [5.41, 5.74) is 2.17. The Balaban J connectivity index is 1.59. The van der Waals surface area contributed by atoms with Crippen LogP contribution in [-0.4, -0.2) is 32.5 Å². The molecule has 0 bridgehead atoms. The molecule has 2 heterocycles. The van der Waals surface area contributed by atoms with E-state index in [2.05, 4.69) is 5.32 Å². The van der Waals surface area contributed by atoms with Gasteiger partial charge in [0, 0.05) is 19.3 Å². The number of carbonyl (C=O) groups is 1. The number of fused-ring (bicyclic) bond motifs is 2. The lowest BCUT2D eigenvalue weighted by atomic mass is 10.0. The molecular formula is C18H18N2O5S. The first-order chi connectivity index (χ1) is 12.4. The van der Waals surface area contributed by atoms with Crippen LogP contribution in [-0.2, 0) is 21.4 Å². The number of hydrogen-bond donors (Lipinski definition) is 1. The Morgan fingerprint density at radius 3 is 2.73 bits per heavy atom. The second-order valence-corrected chi connectivity index (χ2v) is 8.45. The number of nitrogens with one attached hydrogen (secondary N) is 1. The Morgan fingerprint density at radius 1 is 1.15 bits per heavy atom. The van der Waals surface area contributed by atoms with E-state index in [1.807, 2.05) is 6.07 Å². The van der Waals surface area contributed by atoms with Gasteiger partial charge in [-0.2, -0.15) is 4.31 Å². The van der Waals surface area contributed by atoms with Gasteiger partial charge in [0.1, 0.15) is 0 Å². The highest BCUT2D eigenvalue weighted by Crippen LogP contribution is 2.35. The second-order valence-electron chi connectivity index (χ2n) is 6.41. The summed E-state index contributed by atoms with van der Waals surface area (Å²) >= 11 is 0. The smallest absolute Gasteiger partial charge is 0.243 e. The number of benzene rings is 2. The normalized spacial score (nSPS) is 18.1. The fraction of sp³-hybridized carbons (Fsp3) is 0.278. The highest BCUT2D eigenvalue weighted by atomic mass is 32.2. The minimum atomic E-state index is -3.69. The lowest BCUT2D eigenvalue weighted by Gasteiger charge is -2.18. The lowest BCUT2D eigenvalue weighted by Crippen LogP contribution is -2.26. The number of rotatable bonds is 4. The lowest BCUT2D eigenvalue weighted by molar-refractivity contribution is -0.116. The maximum Gasteiger partial charge on any atom is 0.243 e. The summed E-state index contributed by atoms with van der Waals surface area (Å²) in [6, 6.07) is 10.1. The maximum atomic E-state index is 12.9. The molecule has 2 aromatic rings. The van der Waals surface area contributed by atoms with Gasteiger partial charge in [-0.05, 0) is 48.4 Å². The molecule has 26 heavy (non-hydrogen) atoms. The molecule has 8 heteroatoms. The molecule has 1 N–H and O–H groups in total. The predicted molar refractivity (Wildman–Crippen MR) is 94.7 cm³/mol. The number of amides is 1. The van der Waals surface area contributed by atoms with Gasteiger partial charge in [-0.3, -0.25) is 4.79 Å². The van der Waals surface area contributed by atoms with Crippen molar-refractivity contribution in [3.8, 4) is 11.5 Å². The van der Waals surface area contributed by atoms with E-state index in [9.17, 15) is 13.2 Å². The van der Waals surface area contributed by atoms with Gasteiger partial charge in [0.05, 0.1) is 10.8 Å². The van der Waals surface area contributed by atoms with Crippen LogP contribution >= 0.6 is 0 Å². The van der Waals surface area contributed by atoms with Crippen molar-refractivity contribution in [3.63, 3.8) is 0 Å². The molecule has 7 nitrogen and oxygen atoms in total. The molecule has 0 unspecified atom stereocenters. The van der Waals surface area contributed by atoms with Crippen molar-refractivity contribution in [3.05, 3.63) is 47.5 Å². The summed E-state index contributed by atoms with van der Waals surface area (Å²) < 4.78 is 37.7. The Morgan fingerprint density at radius 2 is 1.92 bits per heavy atom. The van der Waals surface area contributed by atoms with E-state index >= 15 is 0 Å². The summed E-state index contributed by atoms with van der Waals surface area (Å²) in [5.74, 6) is 0.788. The monoisotopic (exact) mass is 374 g/mol. The van der Waals surface area contributed by atoms with Crippen molar-refractivity contribution >= 4 is 21.6 Å². The third-order valence-corrected chi connectivity index (χ3v) is 6.49. The van der Waals surface area contributed by atoms with E-state index in [0.717, 1.165) is 5.56 Å². The minimum absolute atomic E-state index is 0.122. The fourth-order valence-corrected chi connectivity index (χ4v) is 4.31. The first-order valence-electron chi connectivity index (χ1n) is 8.16. The molecule has 2 aromatic carbocycles. The molecule has 0 aromatic heterocycles. The fourth-order valence-electron chi connectivity index (χ4n) is 3.12. The van der Waals surface area contributed by atoms with Gasteiger partial charge in [-0.25, -0.2) is 8.42 Å². The highest BCUT2D eigenvalue weighted by molar-refractivity contribution is 7.89.